The molecule has 6 heteroatoms. The molecular formula is C20H20N2O3S. The minimum Gasteiger partial charge on any atom is -0.481 e. The number of allylic oxidation sites excluding steroid dienone is 2. The van der Waals surface area contributed by atoms with Crippen LogP contribution < -0.4 is 5.32 Å². The number of fused-ring (bicyclic) bond motifs is 2. The van der Waals surface area contributed by atoms with Gasteiger partial charge in [0.25, 0.3) is 0 Å². The van der Waals surface area contributed by atoms with E-state index in [9.17, 15) is 14.7 Å². The molecule has 4 atom stereocenters. The van der Waals surface area contributed by atoms with Gasteiger partial charge in [0, 0.05) is 10.9 Å². The Bertz CT molecular complexity index is 918. The van der Waals surface area contributed by atoms with Gasteiger partial charge < -0.3 is 10.4 Å². The summed E-state index contributed by atoms with van der Waals surface area (Å²) in [6.07, 6.45) is 4.67. The molecule has 1 saturated carbocycles. The van der Waals surface area contributed by atoms with Crippen LogP contribution in [0.15, 0.2) is 35.7 Å². The van der Waals surface area contributed by atoms with Gasteiger partial charge in [-0.1, -0.05) is 35.9 Å². The molecule has 134 valence electrons. The van der Waals surface area contributed by atoms with Crippen LogP contribution in [-0.2, 0) is 9.59 Å². The lowest BCUT2D eigenvalue weighted by atomic mass is 9.82. The Morgan fingerprint density at radius 1 is 1.19 bits per heavy atom. The predicted molar refractivity (Wildman–Crippen MR) is 101 cm³/mol. The van der Waals surface area contributed by atoms with Crippen LogP contribution in [0.25, 0.3) is 11.3 Å². The van der Waals surface area contributed by atoms with Crippen molar-refractivity contribution in [3.05, 3.63) is 46.9 Å². The summed E-state index contributed by atoms with van der Waals surface area (Å²) in [5, 5.41) is 14.8. The summed E-state index contributed by atoms with van der Waals surface area (Å²) in [4.78, 5) is 28.9. The van der Waals surface area contributed by atoms with E-state index >= 15 is 0 Å². The highest BCUT2D eigenvalue weighted by Gasteiger charge is 2.51. The molecule has 1 aromatic heterocycles. The molecule has 0 saturated heterocycles. The number of carboxylic acid groups (broad SMARTS) is 1. The third-order valence-corrected chi connectivity index (χ3v) is 6.20. The van der Waals surface area contributed by atoms with Crippen LogP contribution in [-0.4, -0.2) is 22.0 Å². The van der Waals surface area contributed by atoms with Crippen molar-refractivity contribution in [1.82, 2.24) is 4.98 Å². The van der Waals surface area contributed by atoms with Crippen LogP contribution in [0.4, 0.5) is 5.13 Å². The zero-order chi connectivity index (χ0) is 18.4. The minimum absolute atomic E-state index is 0.0138. The van der Waals surface area contributed by atoms with Gasteiger partial charge in [-0.15, -0.1) is 11.3 Å². The fraction of sp³-hybridized carbons (Fsp3) is 0.350. The number of thiazole rings is 1. The normalized spacial score (nSPS) is 26.2. The molecule has 1 fully saturated rings. The van der Waals surface area contributed by atoms with E-state index < -0.39 is 17.8 Å². The van der Waals surface area contributed by atoms with Crippen molar-refractivity contribution >= 4 is 28.3 Å². The molecule has 4 rings (SSSR count). The highest BCUT2D eigenvalue weighted by Crippen LogP contribution is 2.48. The number of aromatic nitrogens is 1. The van der Waals surface area contributed by atoms with Gasteiger partial charge in [-0.05, 0) is 37.7 Å². The number of rotatable bonds is 4. The summed E-state index contributed by atoms with van der Waals surface area (Å²) in [6, 6.07) is 6.18. The number of aryl methyl sites for hydroxylation is 2. The summed E-state index contributed by atoms with van der Waals surface area (Å²) < 4.78 is 0. The Labute approximate surface area is 155 Å². The van der Waals surface area contributed by atoms with Crippen LogP contribution in [0, 0.1) is 37.5 Å². The second-order valence-corrected chi connectivity index (χ2v) is 8.04. The minimum atomic E-state index is -0.892. The number of anilines is 1. The molecule has 1 heterocycles. The quantitative estimate of drug-likeness (QED) is 0.803. The molecular weight excluding hydrogens is 348 g/mol. The number of carbonyl (C=O) groups is 2. The lowest BCUT2D eigenvalue weighted by molar-refractivity contribution is -0.146. The first-order valence-electron chi connectivity index (χ1n) is 8.69. The summed E-state index contributed by atoms with van der Waals surface area (Å²) in [7, 11) is 0. The Hall–Kier alpha value is -2.47. The zero-order valence-corrected chi connectivity index (χ0v) is 15.4. The van der Waals surface area contributed by atoms with Crippen molar-refractivity contribution in [2.75, 3.05) is 5.32 Å². The molecule has 2 bridgehead atoms. The van der Waals surface area contributed by atoms with Crippen LogP contribution in [0.5, 0.6) is 0 Å². The molecule has 2 N–H and O–H groups in total. The topological polar surface area (TPSA) is 79.3 Å². The molecule has 2 aromatic rings. The molecule has 0 unspecified atom stereocenters. The van der Waals surface area contributed by atoms with Gasteiger partial charge in [0.1, 0.15) is 0 Å². The Morgan fingerprint density at radius 3 is 2.62 bits per heavy atom. The number of carboxylic acids is 1. The number of benzene rings is 1. The van der Waals surface area contributed by atoms with E-state index in [-0.39, 0.29) is 17.7 Å². The Balaban J connectivity index is 1.53. The number of nitrogens with one attached hydrogen (secondary N) is 1. The average Bonchev–Trinajstić information content (AvgIpc) is 3.29. The van der Waals surface area contributed by atoms with E-state index in [1.807, 2.05) is 43.5 Å². The number of nitrogens with zero attached hydrogens (tertiary/aromatic N) is 1. The number of carbonyl (C=O) groups excluding carboxylic acids is 1. The average molecular weight is 368 g/mol. The van der Waals surface area contributed by atoms with Crippen molar-refractivity contribution < 1.29 is 14.7 Å². The molecule has 1 aromatic carbocycles. The number of hydrogen-bond acceptors (Lipinski definition) is 4. The predicted octanol–water partition coefficient (Wildman–Crippen LogP) is 3.89. The first-order valence-corrected chi connectivity index (χ1v) is 9.57. The van der Waals surface area contributed by atoms with Gasteiger partial charge in [0.15, 0.2) is 5.13 Å². The van der Waals surface area contributed by atoms with Crippen molar-refractivity contribution in [3.63, 3.8) is 0 Å². The fourth-order valence-electron chi connectivity index (χ4n) is 4.26. The maximum atomic E-state index is 12.7. The molecule has 0 spiro atoms. The summed E-state index contributed by atoms with van der Waals surface area (Å²) in [5.74, 6) is -2.30. The number of hydrogen-bond donors (Lipinski definition) is 2. The lowest BCUT2D eigenvalue weighted by Crippen LogP contribution is -2.36. The molecule has 2 aliphatic rings. The van der Waals surface area contributed by atoms with Gasteiger partial charge >= 0.3 is 5.97 Å². The molecule has 2 aliphatic carbocycles. The van der Waals surface area contributed by atoms with E-state index in [2.05, 4.69) is 16.4 Å². The smallest absolute Gasteiger partial charge is 0.307 e. The van der Waals surface area contributed by atoms with E-state index in [0.29, 0.717) is 5.13 Å². The third kappa shape index (κ3) is 2.84. The Morgan fingerprint density at radius 2 is 1.92 bits per heavy atom. The Kier molecular flexibility index (Phi) is 4.15. The van der Waals surface area contributed by atoms with Crippen LogP contribution >= 0.6 is 11.3 Å². The van der Waals surface area contributed by atoms with Crippen molar-refractivity contribution in [2.45, 2.75) is 20.3 Å². The first-order chi connectivity index (χ1) is 12.4. The summed E-state index contributed by atoms with van der Waals surface area (Å²) in [6.45, 7) is 4.09. The van der Waals surface area contributed by atoms with E-state index in [1.54, 1.807) is 0 Å². The van der Waals surface area contributed by atoms with Gasteiger partial charge in [0.2, 0.25) is 5.91 Å². The SMILES string of the molecule is Cc1ccc(-c2csc(NC(=O)[C@H]3[C@@H](C(=O)O)[C@H]4C=C[C@H]3C4)n2)c(C)c1. The molecule has 5 nitrogen and oxygen atoms in total. The van der Waals surface area contributed by atoms with Crippen LogP contribution in [0.3, 0.4) is 0 Å². The van der Waals surface area contributed by atoms with Gasteiger partial charge in [0.05, 0.1) is 17.5 Å². The second-order valence-electron chi connectivity index (χ2n) is 7.18. The maximum absolute atomic E-state index is 12.7. The molecule has 26 heavy (non-hydrogen) atoms. The van der Waals surface area contributed by atoms with Gasteiger partial charge in [-0.25, -0.2) is 4.98 Å². The van der Waals surface area contributed by atoms with Crippen molar-refractivity contribution in [1.29, 1.82) is 0 Å². The maximum Gasteiger partial charge on any atom is 0.307 e. The highest BCUT2D eigenvalue weighted by atomic mass is 32.1. The largest absolute Gasteiger partial charge is 0.481 e. The second kappa shape index (κ2) is 6.36. The lowest BCUT2D eigenvalue weighted by Gasteiger charge is -2.23. The molecule has 0 radical (unpaired) electrons. The number of aliphatic carboxylic acids is 1. The summed E-state index contributed by atoms with van der Waals surface area (Å²) in [5.41, 5.74) is 4.19. The third-order valence-electron chi connectivity index (χ3n) is 5.44. The molecule has 1 amide bonds. The van der Waals surface area contributed by atoms with E-state index in [0.717, 1.165) is 23.2 Å². The van der Waals surface area contributed by atoms with E-state index in [4.69, 9.17) is 0 Å². The molecule has 0 aliphatic heterocycles. The van der Waals surface area contributed by atoms with Crippen LogP contribution in [0.1, 0.15) is 17.5 Å². The standard InChI is InChI=1S/C20H20N2O3S/c1-10-3-6-14(11(2)7-10)15-9-26-20(21-15)22-18(23)16-12-4-5-13(8-12)17(16)19(24)25/h3-7,9,12-13,16-17H,8H2,1-2H3,(H,24,25)(H,21,22,23)/t12-,13-,16+,17-/m0/s1. The monoisotopic (exact) mass is 368 g/mol. The van der Waals surface area contributed by atoms with Gasteiger partial charge in [-0.2, -0.15) is 0 Å². The van der Waals surface area contributed by atoms with Crippen LogP contribution in [0.2, 0.25) is 0 Å². The summed E-state index contributed by atoms with van der Waals surface area (Å²) >= 11 is 1.37. The number of amides is 1. The fourth-order valence-corrected chi connectivity index (χ4v) is 4.97. The zero-order valence-electron chi connectivity index (χ0n) is 14.6. The highest BCUT2D eigenvalue weighted by molar-refractivity contribution is 7.14. The van der Waals surface area contributed by atoms with Gasteiger partial charge in [-0.3, -0.25) is 9.59 Å². The van der Waals surface area contributed by atoms with E-state index in [1.165, 1.54) is 16.9 Å². The first kappa shape index (κ1) is 17.0. The van der Waals surface area contributed by atoms with Crippen molar-refractivity contribution in [3.8, 4) is 11.3 Å². The van der Waals surface area contributed by atoms with Crippen molar-refractivity contribution in [2.24, 2.45) is 23.7 Å².